The van der Waals surface area contributed by atoms with Crippen molar-refractivity contribution >= 4 is 5.91 Å². The lowest BCUT2D eigenvalue weighted by atomic mass is 10.2. The lowest BCUT2D eigenvalue weighted by Gasteiger charge is -2.14. The lowest BCUT2D eigenvalue weighted by molar-refractivity contribution is 0.0920. The topological polar surface area (TPSA) is 63.2 Å². The van der Waals surface area contributed by atoms with E-state index in [0.29, 0.717) is 12.1 Å². The van der Waals surface area contributed by atoms with Crippen LogP contribution in [-0.4, -0.2) is 43.3 Å². The zero-order valence-corrected chi connectivity index (χ0v) is 9.44. The summed E-state index contributed by atoms with van der Waals surface area (Å²) in [5.41, 5.74) is 0.314. The first-order chi connectivity index (χ1) is 8.22. The Bertz CT molecular complexity index is 413. The Labute approximate surface area is 98.4 Å². The maximum absolute atomic E-state index is 13.3. The standard InChI is InChI=1S/C11H14FN3O2/c1-17-11-7(3-2-4-14-11)10(16)15-9-6-13-5-8(9)12/h2-4,8-9,13H,5-6H2,1H3,(H,15,16)/t8-,9+/m0/s1. The Morgan fingerprint density at radius 3 is 3.12 bits per heavy atom. The summed E-state index contributed by atoms with van der Waals surface area (Å²) >= 11 is 0. The summed E-state index contributed by atoms with van der Waals surface area (Å²) in [4.78, 5) is 15.8. The monoisotopic (exact) mass is 239 g/mol. The van der Waals surface area contributed by atoms with E-state index in [9.17, 15) is 9.18 Å². The molecule has 0 aromatic carbocycles. The van der Waals surface area contributed by atoms with Crippen molar-refractivity contribution in [1.82, 2.24) is 15.6 Å². The van der Waals surface area contributed by atoms with Crippen molar-refractivity contribution in [2.45, 2.75) is 12.2 Å². The maximum Gasteiger partial charge on any atom is 0.257 e. The highest BCUT2D eigenvalue weighted by atomic mass is 19.1. The SMILES string of the molecule is COc1ncccc1C(=O)N[C@@H]1CNC[C@@H]1F. The highest BCUT2D eigenvalue weighted by Crippen LogP contribution is 2.14. The van der Waals surface area contributed by atoms with Crippen LogP contribution in [0.2, 0.25) is 0 Å². The molecule has 0 radical (unpaired) electrons. The van der Waals surface area contributed by atoms with Gasteiger partial charge in [-0.15, -0.1) is 0 Å². The molecule has 2 heterocycles. The molecular formula is C11H14FN3O2. The van der Waals surface area contributed by atoms with E-state index in [1.54, 1.807) is 12.1 Å². The molecule has 1 aromatic rings. The molecule has 2 atom stereocenters. The number of ether oxygens (including phenoxy) is 1. The Hall–Kier alpha value is -1.69. The van der Waals surface area contributed by atoms with Crippen LogP contribution in [0.3, 0.4) is 0 Å². The van der Waals surface area contributed by atoms with E-state index in [1.165, 1.54) is 13.3 Å². The van der Waals surface area contributed by atoms with E-state index in [2.05, 4.69) is 15.6 Å². The number of pyridine rings is 1. The molecule has 1 aliphatic rings. The van der Waals surface area contributed by atoms with E-state index in [-0.39, 0.29) is 18.3 Å². The van der Waals surface area contributed by atoms with Gasteiger partial charge in [0.2, 0.25) is 5.88 Å². The Balaban J connectivity index is 2.09. The Kier molecular flexibility index (Phi) is 3.53. The fraction of sp³-hybridized carbons (Fsp3) is 0.455. The third-order valence-corrected chi connectivity index (χ3v) is 2.67. The minimum absolute atomic E-state index is 0.242. The summed E-state index contributed by atoms with van der Waals surface area (Å²) in [6.07, 6.45) is 0.478. The molecule has 0 aliphatic carbocycles. The van der Waals surface area contributed by atoms with Crippen molar-refractivity contribution in [2.24, 2.45) is 0 Å². The number of hydrogen-bond acceptors (Lipinski definition) is 4. The first-order valence-corrected chi connectivity index (χ1v) is 5.37. The van der Waals surface area contributed by atoms with E-state index < -0.39 is 12.2 Å². The number of nitrogens with one attached hydrogen (secondary N) is 2. The van der Waals surface area contributed by atoms with Gasteiger partial charge in [-0.05, 0) is 12.1 Å². The molecule has 2 N–H and O–H groups in total. The van der Waals surface area contributed by atoms with Crippen LogP contribution in [0.4, 0.5) is 4.39 Å². The van der Waals surface area contributed by atoms with Crippen molar-refractivity contribution in [2.75, 3.05) is 20.2 Å². The molecule has 1 fully saturated rings. The number of nitrogens with zero attached hydrogens (tertiary/aromatic N) is 1. The number of amides is 1. The van der Waals surface area contributed by atoms with Crippen molar-refractivity contribution in [3.8, 4) is 5.88 Å². The lowest BCUT2D eigenvalue weighted by Crippen LogP contribution is -2.41. The van der Waals surface area contributed by atoms with Crippen LogP contribution in [0, 0.1) is 0 Å². The van der Waals surface area contributed by atoms with Crippen LogP contribution < -0.4 is 15.4 Å². The molecule has 1 amide bonds. The minimum Gasteiger partial charge on any atom is -0.480 e. The van der Waals surface area contributed by atoms with Crippen LogP contribution in [0.25, 0.3) is 0 Å². The summed E-state index contributed by atoms with van der Waals surface area (Å²) in [7, 11) is 1.44. The second-order valence-corrected chi connectivity index (χ2v) is 3.81. The van der Waals surface area contributed by atoms with Crippen LogP contribution in [0.5, 0.6) is 5.88 Å². The molecule has 1 saturated heterocycles. The van der Waals surface area contributed by atoms with Crippen molar-refractivity contribution in [1.29, 1.82) is 0 Å². The van der Waals surface area contributed by atoms with Gasteiger partial charge < -0.3 is 15.4 Å². The number of rotatable bonds is 3. The quantitative estimate of drug-likeness (QED) is 0.787. The van der Waals surface area contributed by atoms with E-state index in [0.717, 1.165) is 0 Å². The van der Waals surface area contributed by atoms with Gasteiger partial charge in [0.25, 0.3) is 5.91 Å². The number of halogens is 1. The van der Waals surface area contributed by atoms with E-state index in [1.807, 2.05) is 0 Å². The third kappa shape index (κ3) is 2.52. The van der Waals surface area contributed by atoms with Gasteiger partial charge in [0.15, 0.2) is 0 Å². The molecule has 0 bridgehead atoms. The molecule has 0 spiro atoms. The van der Waals surface area contributed by atoms with Crippen molar-refractivity contribution < 1.29 is 13.9 Å². The van der Waals surface area contributed by atoms with E-state index >= 15 is 0 Å². The van der Waals surface area contributed by atoms with Crippen molar-refractivity contribution in [3.05, 3.63) is 23.9 Å². The van der Waals surface area contributed by atoms with Crippen LogP contribution in [0.15, 0.2) is 18.3 Å². The van der Waals surface area contributed by atoms with Gasteiger partial charge in [-0.2, -0.15) is 0 Å². The number of alkyl halides is 1. The summed E-state index contributed by atoms with van der Waals surface area (Å²) in [5, 5.41) is 5.49. The number of methoxy groups -OCH3 is 1. The number of hydrogen-bond donors (Lipinski definition) is 2. The zero-order chi connectivity index (χ0) is 12.3. The number of aromatic nitrogens is 1. The number of carbonyl (C=O) groups is 1. The molecule has 0 unspecified atom stereocenters. The average molecular weight is 239 g/mol. The first-order valence-electron chi connectivity index (χ1n) is 5.37. The highest BCUT2D eigenvalue weighted by molar-refractivity contribution is 5.96. The summed E-state index contributed by atoms with van der Waals surface area (Å²) in [6.45, 7) is 0.713. The van der Waals surface area contributed by atoms with Crippen LogP contribution >= 0.6 is 0 Å². The van der Waals surface area contributed by atoms with Gasteiger partial charge in [0.1, 0.15) is 11.7 Å². The van der Waals surface area contributed by atoms with Crippen LogP contribution in [-0.2, 0) is 0 Å². The maximum atomic E-state index is 13.3. The van der Waals surface area contributed by atoms with Crippen molar-refractivity contribution in [3.63, 3.8) is 0 Å². The zero-order valence-electron chi connectivity index (χ0n) is 9.44. The predicted octanol–water partition coefficient (Wildman–Crippen LogP) is 0.130. The summed E-state index contributed by atoms with van der Waals surface area (Å²) in [6, 6.07) is 2.74. The van der Waals surface area contributed by atoms with E-state index in [4.69, 9.17) is 4.74 Å². The fourth-order valence-electron chi connectivity index (χ4n) is 1.76. The normalized spacial score (nSPS) is 23.4. The van der Waals surface area contributed by atoms with Gasteiger partial charge in [-0.25, -0.2) is 9.37 Å². The molecule has 5 nitrogen and oxygen atoms in total. The predicted molar refractivity (Wildman–Crippen MR) is 59.8 cm³/mol. The fourth-order valence-corrected chi connectivity index (χ4v) is 1.76. The van der Waals surface area contributed by atoms with Gasteiger partial charge in [0, 0.05) is 19.3 Å². The second kappa shape index (κ2) is 5.09. The van der Waals surface area contributed by atoms with Gasteiger partial charge in [-0.1, -0.05) is 0 Å². The first kappa shape index (κ1) is 11.8. The average Bonchev–Trinajstić information content (AvgIpc) is 2.75. The van der Waals surface area contributed by atoms with Gasteiger partial charge >= 0.3 is 0 Å². The molecule has 1 aromatic heterocycles. The highest BCUT2D eigenvalue weighted by Gasteiger charge is 2.29. The molecular weight excluding hydrogens is 225 g/mol. The molecule has 0 saturated carbocycles. The third-order valence-electron chi connectivity index (χ3n) is 2.67. The molecule has 1 aliphatic heterocycles. The second-order valence-electron chi connectivity index (χ2n) is 3.81. The molecule has 2 rings (SSSR count). The van der Waals surface area contributed by atoms with Crippen LogP contribution in [0.1, 0.15) is 10.4 Å². The van der Waals surface area contributed by atoms with Gasteiger partial charge in [0.05, 0.1) is 13.2 Å². The molecule has 6 heteroatoms. The summed E-state index contributed by atoms with van der Waals surface area (Å²) < 4.78 is 18.3. The van der Waals surface area contributed by atoms with Gasteiger partial charge in [-0.3, -0.25) is 4.79 Å². The summed E-state index contributed by atoms with van der Waals surface area (Å²) in [5.74, 6) is -0.127. The number of carbonyl (C=O) groups excluding carboxylic acids is 1. The largest absolute Gasteiger partial charge is 0.480 e. The smallest absolute Gasteiger partial charge is 0.257 e. The Morgan fingerprint density at radius 1 is 1.65 bits per heavy atom. The Morgan fingerprint density at radius 2 is 2.47 bits per heavy atom. The minimum atomic E-state index is -1.05. The molecule has 92 valence electrons. The molecule has 17 heavy (non-hydrogen) atoms.